The molecule has 0 saturated carbocycles. The Morgan fingerprint density at radius 3 is 2.24 bits per heavy atom. The zero-order valence-corrected chi connectivity index (χ0v) is 11.1. The van der Waals surface area contributed by atoms with Crippen molar-refractivity contribution in [1.29, 1.82) is 0 Å². The van der Waals surface area contributed by atoms with Gasteiger partial charge in [0.2, 0.25) is 5.91 Å². The van der Waals surface area contributed by atoms with Crippen molar-refractivity contribution in [3.05, 3.63) is 0 Å². The number of hydrogen-bond acceptors (Lipinski definition) is 3. The number of nitrogens with one attached hydrogen (secondary N) is 1. The highest BCUT2D eigenvalue weighted by atomic mass is 16.4. The Bertz CT molecular complexity index is 271. The summed E-state index contributed by atoms with van der Waals surface area (Å²) >= 11 is 0. The van der Waals surface area contributed by atoms with Crippen molar-refractivity contribution in [2.45, 2.75) is 46.6 Å². The van der Waals surface area contributed by atoms with E-state index in [1.807, 2.05) is 6.92 Å². The molecule has 100 valence electrons. The molecular weight excluding hydrogens is 220 g/mol. The standard InChI is InChI=1S/C12H24N2O3/c1-8(7-13)5-6-9(15)14-10(11(16)17)12(2,3)4/h8,10H,5-7,13H2,1-4H3,(H,14,15)(H,16,17)/t8?,10-/m1/s1. The maximum absolute atomic E-state index is 11.6. The molecule has 0 spiro atoms. The molecule has 5 nitrogen and oxygen atoms in total. The molecule has 1 amide bonds. The van der Waals surface area contributed by atoms with E-state index in [1.54, 1.807) is 20.8 Å². The SMILES string of the molecule is CC(CN)CCC(=O)N[C@H](C(=O)O)C(C)(C)C. The third kappa shape index (κ3) is 6.26. The molecule has 0 rings (SSSR count). The Balaban J connectivity index is 4.29. The van der Waals surface area contributed by atoms with Crippen molar-refractivity contribution >= 4 is 11.9 Å². The molecule has 0 radical (unpaired) electrons. The molecule has 0 aliphatic rings. The molecule has 0 saturated heterocycles. The first-order chi connectivity index (χ1) is 7.68. The van der Waals surface area contributed by atoms with E-state index in [-0.39, 0.29) is 11.8 Å². The van der Waals surface area contributed by atoms with Crippen molar-refractivity contribution in [3.8, 4) is 0 Å². The maximum atomic E-state index is 11.6. The summed E-state index contributed by atoms with van der Waals surface area (Å²) in [6.45, 7) is 7.86. The number of aliphatic carboxylic acids is 1. The highest BCUT2D eigenvalue weighted by Crippen LogP contribution is 2.19. The van der Waals surface area contributed by atoms with Gasteiger partial charge in [-0.15, -0.1) is 0 Å². The number of rotatable bonds is 6. The van der Waals surface area contributed by atoms with Crippen LogP contribution in [0.3, 0.4) is 0 Å². The molecule has 4 N–H and O–H groups in total. The minimum atomic E-state index is -1.00. The van der Waals surface area contributed by atoms with E-state index in [0.29, 0.717) is 19.4 Å². The molecule has 0 heterocycles. The van der Waals surface area contributed by atoms with E-state index in [4.69, 9.17) is 10.8 Å². The van der Waals surface area contributed by atoms with E-state index in [1.165, 1.54) is 0 Å². The lowest BCUT2D eigenvalue weighted by Gasteiger charge is -2.27. The van der Waals surface area contributed by atoms with Gasteiger partial charge in [0.05, 0.1) is 0 Å². The van der Waals surface area contributed by atoms with Crippen LogP contribution in [-0.2, 0) is 9.59 Å². The quantitative estimate of drug-likeness (QED) is 0.649. The largest absolute Gasteiger partial charge is 0.480 e. The van der Waals surface area contributed by atoms with Crippen LogP contribution in [0.2, 0.25) is 0 Å². The second-order valence-corrected chi connectivity index (χ2v) is 5.58. The molecule has 5 heteroatoms. The number of nitrogens with two attached hydrogens (primary N) is 1. The monoisotopic (exact) mass is 244 g/mol. The average molecular weight is 244 g/mol. The third-order valence-corrected chi connectivity index (χ3v) is 2.68. The van der Waals surface area contributed by atoms with Gasteiger partial charge in [-0.25, -0.2) is 4.79 Å². The molecule has 1 unspecified atom stereocenters. The summed E-state index contributed by atoms with van der Waals surface area (Å²) in [4.78, 5) is 22.7. The molecule has 0 aliphatic heterocycles. The van der Waals surface area contributed by atoms with E-state index in [2.05, 4.69) is 5.32 Å². The summed E-state index contributed by atoms with van der Waals surface area (Å²) in [5.41, 5.74) is 4.95. The molecule has 2 atom stereocenters. The predicted molar refractivity (Wildman–Crippen MR) is 66.5 cm³/mol. The number of amides is 1. The Labute approximate surface area is 103 Å². The first kappa shape index (κ1) is 15.9. The third-order valence-electron chi connectivity index (χ3n) is 2.68. The highest BCUT2D eigenvalue weighted by molar-refractivity contribution is 5.84. The number of carboxylic acids is 1. The van der Waals surface area contributed by atoms with Crippen LogP contribution in [0.1, 0.15) is 40.5 Å². The van der Waals surface area contributed by atoms with Gasteiger partial charge in [-0.05, 0) is 24.3 Å². The second-order valence-electron chi connectivity index (χ2n) is 5.58. The van der Waals surface area contributed by atoms with Crippen LogP contribution in [0.4, 0.5) is 0 Å². The molecule has 0 bridgehead atoms. The Hall–Kier alpha value is -1.10. The van der Waals surface area contributed by atoms with E-state index < -0.39 is 17.4 Å². The van der Waals surface area contributed by atoms with Crippen LogP contribution in [0.25, 0.3) is 0 Å². The van der Waals surface area contributed by atoms with Crippen LogP contribution in [0, 0.1) is 11.3 Å². The Morgan fingerprint density at radius 2 is 1.88 bits per heavy atom. The van der Waals surface area contributed by atoms with Gasteiger partial charge in [0.25, 0.3) is 0 Å². The summed E-state index contributed by atoms with van der Waals surface area (Å²) in [6, 6.07) is -0.858. The zero-order valence-electron chi connectivity index (χ0n) is 11.1. The van der Waals surface area contributed by atoms with Crippen LogP contribution in [0.15, 0.2) is 0 Å². The fraction of sp³-hybridized carbons (Fsp3) is 0.833. The highest BCUT2D eigenvalue weighted by Gasteiger charge is 2.32. The van der Waals surface area contributed by atoms with E-state index in [0.717, 1.165) is 0 Å². The smallest absolute Gasteiger partial charge is 0.326 e. The summed E-state index contributed by atoms with van der Waals surface area (Å²) in [6.07, 6.45) is 0.997. The summed E-state index contributed by atoms with van der Waals surface area (Å²) in [7, 11) is 0. The van der Waals surface area contributed by atoms with Crippen LogP contribution in [-0.4, -0.2) is 29.6 Å². The number of hydrogen-bond donors (Lipinski definition) is 3. The van der Waals surface area contributed by atoms with E-state index in [9.17, 15) is 9.59 Å². The van der Waals surface area contributed by atoms with Crippen molar-refractivity contribution in [3.63, 3.8) is 0 Å². The Kier molecular flexibility index (Phi) is 6.16. The molecule has 0 aliphatic carbocycles. The lowest BCUT2D eigenvalue weighted by atomic mass is 9.86. The van der Waals surface area contributed by atoms with Crippen molar-refractivity contribution in [2.24, 2.45) is 17.1 Å². The van der Waals surface area contributed by atoms with Gasteiger partial charge in [-0.3, -0.25) is 4.79 Å². The van der Waals surface area contributed by atoms with E-state index >= 15 is 0 Å². The fourth-order valence-corrected chi connectivity index (χ4v) is 1.38. The van der Waals surface area contributed by atoms with Crippen molar-refractivity contribution < 1.29 is 14.7 Å². The normalized spacial score (nSPS) is 15.1. The van der Waals surface area contributed by atoms with Gasteiger partial charge in [0.15, 0.2) is 0 Å². The fourth-order valence-electron chi connectivity index (χ4n) is 1.38. The zero-order chi connectivity index (χ0) is 13.6. The number of carbonyl (C=O) groups excluding carboxylic acids is 1. The molecule has 0 aromatic rings. The predicted octanol–water partition coefficient (Wildman–Crippen LogP) is 0.977. The minimum Gasteiger partial charge on any atom is -0.480 e. The number of carbonyl (C=O) groups is 2. The first-order valence-electron chi connectivity index (χ1n) is 5.90. The van der Waals surface area contributed by atoms with Crippen LogP contribution < -0.4 is 11.1 Å². The number of carboxylic acid groups (broad SMARTS) is 1. The molecule has 17 heavy (non-hydrogen) atoms. The van der Waals surface area contributed by atoms with Gasteiger partial charge in [-0.1, -0.05) is 27.7 Å². The van der Waals surface area contributed by atoms with Gasteiger partial charge >= 0.3 is 5.97 Å². The molecular formula is C12H24N2O3. The average Bonchev–Trinajstić information content (AvgIpc) is 2.20. The maximum Gasteiger partial charge on any atom is 0.326 e. The van der Waals surface area contributed by atoms with Crippen LogP contribution >= 0.6 is 0 Å². The lowest BCUT2D eigenvalue weighted by molar-refractivity contribution is -0.145. The van der Waals surface area contributed by atoms with Gasteiger partial charge in [0, 0.05) is 6.42 Å². The van der Waals surface area contributed by atoms with Crippen molar-refractivity contribution in [1.82, 2.24) is 5.32 Å². The van der Waals surface area contributed by atoms with Gasteiger partial charge in [0.1, 0.15) is 6.04 Å². The van der Waals surface area contributed by atoms with Gasteiger partial charge < -0.3 is 16.2 Å². The molecule has 0 aromatic heterocycles. The summed E-state index contributed by atoms with van der Waals surface area (Å²) in [5.74, 6) is -0.955. The van der Waals surface area contributed by atoms with Gasteiger partial charge in [-0.2, -0.15) is 0 Å². The Morgan fingerprint density at radius 1 is 1.35 bits per heavy atom. The lowest BCUT2D eigenvalue weighted by Crippen LogP contribution is -2.49. The molecule has 0 fully saturated rings. The minimum absolute atomic E-state index is 0.229. The summed E-state index contributed by atoms with van der Waals surface area (Å²) in [5, 5.41) is 11.6. The first-order valence-corrected chi connectivity index (χ1v) is 5.90. The van der Waals surface area contributed by atoms with Crippen LogP contribution in [0.5, 0.6) is 0 Å². The second kappa shape index (κ2) is 6.59. The molecule has 0 aromatic carbocycles. The van der Waals surface area contributed by atoms with Crippen molar-refractivity contribution in [2.75, 3.05) is 6.54 Å². The summed E-state index contributed by atoms with van der Waals surface area (Å²) < 4.78 is 0. The topological polar surface area (TPSA) is 92.4 Å².